The van der Waals surface area contributed by atoms with Crippen LogP contribution in [-0.4, -0.2) is 5.78 Å². The quantitative estimate of drug-likeness (QED) is 0.793. The predicted molar refractivity (Wildman–Crippen MR) is 70.2 cm³/mol. The number of hydrogen-bond donors (Lipinski definition) is 0. The third-order valence-corrected chi connectivity index (χ3v) is 3.64. The van der Waals surface area contributed by atoms with Gasteiger partial charge in [-0.3, -0.25) is 4.79 Å². The van der Waals surface area contributed by atoms with Crippen LogP contribution in [0.2, 0.25) is 0 Å². The molecule has 0 N–H and O–H groups in total. The van der Waals surface area contributed by atoms with Crippen molar-refractivity contribution in [3.63, 3.8) is 0 Å². The van der Waals surface area contributed by atoms with Crippen molar-refractivity contribution >= 4 is 21.7 Å². The molecule has 0 bridgehead atoms. The number of rotatable bonds is 4. The summed E-state index contributed by atoms with van der Waals surface area (Å²) < 4.78 is 18.9. The summed E-state index contributed by atoms with van der Waals surface area (Å²) in [5.74, 6) is 0.252. The maximum Gasteiger partial charge on any atom is 0.170 e. The minimum Gasteiger partial charge on any atom is -0.469 e. The molecule has 0 saturated heterocycles. The van der Waals surface area contributed by atoms with Crippen LogP contribution < -0.4 is 0 Å². The van der Waals surface area contributed by atoms with Crippen molar-refractivity contribution in [1.82, 2.24) is 0 Å². The molecule has 0 amide bonds. The summed E-state index contributed by atoms with van der Waals surface area (Å²) in [7, 11) is 0. The molecule has 0 atom stereocenters. The number of furan rings is 1. The summed E-state index contributed by atoms with van der Waals surface area (Å²) in [6.07, 6.45) is 2.33. The fourth-order valence-corrected chi connectivity index (χ4v) is 2.22. The summed E-state index contributed by atoms with van der Waals surface area (Å²) >= 11 is 3.16. The van der Waals surface area contributed by atoms with Crippen LogP contribution in [0.1, 0.15) is 28.6 Å². The van der Waals surface area contributed by atoms with E-state index in [4.69, 9.17) is 4.42 Å². The van der Waals surface area contributed by atoms with Gasteiger partial charge in [-0.15, -0.1) is 0 Å². The van der Waals surface area contributed by atoms with E-state index < -0.39 is 0 Å². The first-order valence-corrected chi connectivity index (χ1v) is 6.45. The Morgan fingerprint density at radius 2 is 2.17 bits per heavy atom. The minimum atomic E-state index is -0.358. The molecule has 18 heavy (non-hydrogen) atoms. The van der Waals surface area contributed by atoms with Crippen LogP contribution in [0.25, 0.3) is 0 Å². The lowest BCUT2D eigenvalue weighted by atomic mass is 10.0. The van der Waals surface area contributed by atoms with Gasteiger partial charge in [-0.05, 0) is 33.6 Å². The number of carbonyl (C=O) groups is 1. The number of hydrogen-bond acceptors (Lipinski definition) is 2. The lowest BCUT2D eigenvalue weighted by Gasteiger charge is -2.04. The highest BCUT2D eigenvalue weighted by Gasteiger charge is 2.16. The number of benzene rings is 1. The van der Waals surface area contributed by atoms with E-state index in [0.717, 1.165) is 0 Å². The largest absolute Gasteiger partial charge is 0.469 e. The maximum atomic E-state index is 13.3. The molecule has 0 saturated carbocycles. The second-order valence-corrected chi connectivity index (χ2v) is 4.72. The normalized spacial score (nSPS) is 10.6. The first-order valence-electron chi connectivity index (χ1n) is 5.66. The molecule has 2 rings (SSSR count). The van der Waals surface area contributed by atoms with E-state index in [1.165, 1.54) is 12.3 Å². The van der Waals surface area contributed by atoms with Crippen molar-refractivity contribution in [2.24, 2.45) is 0 Å². The first kappa shape index (κ1) is 13.0. The topological polar surface area (TPSA) is 30.2 Å². The predicted octanol–water partition coefficient (Wildman–Crippen LogP) is 4.17. The van der Waals surface area contributed by atoms with Gasteiger partial charge in [0, 0.05) is 12.8 Å². The molecule has 94 valence electrons. The Morgan fingerprint density at radius 3 is 2.89 bits per heavy atom. The van der Waals surface area contributed by atoms with E-state index in [-0.39, 0.29) is 18.0 Å². The van der Waals surface area contributed by atoms with Gasteiger partial charge in [0.15, 0.2) is 5.78 Å². The van der Waals surface area contributed by atoms with E-state index >= 15 is 0 Å². The Hall–Kier alpha value is -1.42. The van der Waals surface area contributed by atoms with Crippen LogP contribution in [0.15, 0.2) is 39.4 Å². The zero-order valence-electron chi connectivity index (χ0n) is 9.87. The highest BCUT2D eigenvalue weighted by atomic mass is 79.9. The molecule has 0 aliphatic carbocycles. The summed E-state index contributed by atoms with van der Waals surface area (Å²) in [4.78, 5) is 12.1. The molecule has 0 radical (unpaired) electrons. The zero-order valence-corrected chi connectivity index (χ0v) is 11.5. The van der Waals surface area contributed by atoms with Crippen LogP contribution in [0.4, 0.5) is 4.39 Å². The summed E-state index contributed by atoms with van der Waals surface area (Å²) in [5.41, 5.74) is 1.22. The van der Waals surface area contributed by atoms with E-state index in [9.17, 15) is 9.18 Å². The van der Waals surface area contributed by atoms with Gasteiger partial charge >= 0.3 is 0 Å². The zero-order chi connectivity index (χ0) is 13.1. The fourth-order valence-electron chi connectivity index (χ4n) is 1.82. The van der Waals surface area contributed by atoms with Gasteiger partial charge in [0.25, 0.3) is 0 Å². The number of halogens is 2. The number of carbonyl (C=O) groups excluding carboxylic acids is 1. The minimum absolute atomic E-state index is 0.0631. The Labute approximate surface area is 113 Å². The van der Waals surface area contributed by atoms with Gasteiger partial charge in [0.2, 0.25) is 0 Å². The van der Waals surface area contributed by atoms with Crippen LogP contribution in [-0.2, 0) is 12.8 Å². The molecule has 0 spiro atoms. The lowest BCUT2D eigenvalue weighted by Crippen LogP contribution is -2.05. The molecule has 0 unspecified atom stereocenters. The van der Waals surface area contributed by atoms with Gasteiger partial charge in [0.05, 0.1) is 16.3 Å². The average molecular weight is 311 g/mol. The third-order valence-electron chi connectivity index (χ3n) is 2.75. The highest BCUT2D eigenvalue weighted by Crippen LogP contribution is 2.23. The van der Waals surface area contributed by atoms with E-state index in [0.29, 0.717) is 27.8 Å². The van der Waals surface area contributed by atoms with Crippen molar-refractivity contribution in [2.45, 2.75) is 19.8 Å². The van der Waals surface area contributed by atoms with Crippen molar-refractivity contribution in [1.29, 1.82) is 0 Å². The van der Waals surface area contributed by atoms with E-state index in [2.05, 4.69) is 15.9 Å². The molecule has 0 aliphatic heterocycles. The molecular weight excluding hydrogens is 299 g/mol. The molecule has 0 aliphatic rings. The van der Waals surface area contributed by atoms with Crippen molar-refractivity contribution < 1.29 is 13.6 Å². The van der Waals surface area contributed by atoms with Crippen LogP contribution in [0, 0.1) is 5.82 Å². The number of aryl methyl sites for hydroxylation is 1. The van der Waals surface area contributed by atoms with Crippen molar-refractivity contribution in [3.8, 4) is 0 Å². The molecule has 1 aromatic heterocycles. The molecule has 1 heterocycles. The second-order valence-electron chi connectivity index (χ2n) is 3.92. The van der Waals surface area contributed by atoms with Crippen molar-refractivity contribution in [3.05, 3.63) is 57.7 Å². The van der Waals surface area contributed by atoms with E-state index in [1.54, 1.807) is 18.2 Å². The Morgan fingerprint density at radius 1 is 1.39 bits per heavy atom. The molecule has 2 nitrogen and oxygen atoms in total. The monoisotopic (exact) mass is 310 g/mol. The Bertz CT molecular complexity index is 575. The van der Waals surface area contributed by atoms with Crippen LogP contribution in [0.3, 0.4) is 0 Å². The molecule has 2 aromatic rings. The number of ketones is 1. The Balaban J connectivity index is 2.24. The van der Waals surface area contributed by atoms with Gasteiger partial charge in [0.1, 0.15) is 11.6 Å². The second kappa shape index (κ2) is 5.48. The smallest absolute Gasteiger partial charge is 0.170 e. The van der Waals surface area contributed by atoms with Gasteiger partial charge in [-0.25, -0.2) is 4.39 Å². The van der Waals surface area contributed by atoms with E-state index in [1.807, 2.05) is 6.92 Å². The molecule has 4 heteroatoms. The SMILES string of the molecule is CCc1occc1C(=O)Cc1cccc(F)c1Br. The molecule has 0 fully saturated rings. The van der Waals surface area contributed by atoms with Gasteiger partial charge in [-0.2, -0.15) is 0 Å². The summed E-state index contributed by atoms with van der Waals surface area (Å²) in [6.45, 7) is 1.92. The van der Waals surface area contributed by atoms with Crippen molar-refractivity contribution in [2.75, 3.05) is 0 Å². The average Bonchev–Trinajstić information content (AvgIpc) is 2.83. The van der Waals surface area contributed by atoms with Gasteiger partial charge in [-0.1, -0.05) is 19.1 Å². The van der Waals surface area contributed by atoms with Gasteiger partial charge < -0.3 is 4.42 Å². The summed E-state index contributed by atoms with van der Waals surface area (Å²) in [6, 6.07) is 6.34. The molecular formula is C14H12BrFO2. The van der Waals surface area contributed by atoms with Crippen LogP contribution in [0.5, 0.6) is 0 Å². The third kappa shape index (κ3) is 2.53. The fraction of sp³-hybridized carbons (Fsp3) is 0.214. The molecule has 1 aromatic carbocycles. The summed E-state index contributed by atoms with van der Waals surface area (Å²) in [5, 5.41) is 0. The lowest BCUT2D eigenvalue weighted by molar-refractivity contribution is 0.0991. The van der Waals surface area contributed by atoms with Crippen LogP contribution >= 0.6 is 15.9 Å². The standard InChI is InChI=1S/C14H12BrFO2/c1-2-13-10(6-7-18-13)12(17)8-9-4-3-5-11(16)14(9)15/h3-7H,2,8H2,1H3. The number of Topliss-reactive ketones (excluding diaryl/α,β-unsaturated/α-hetero) is 1. The first-order chi connectivity index (χ1) is 8.63. The highest BCUT2D eigenvalue weighted by molar-refractivity contribution is 9.10. The maximum absolute atomic E-state index is 13.3. The Kier molecular flexibility index (Phi) is 3.97.